The lowest BCUT2D eigenvalue weighted by Crippen LogP contribution is -2.62. The molecule has 4 aliphatic heterocycles. The molecule has 5 fully saturated rings. The van der Waals surface area contributed by atoms with Gasteiger partial charge in [-0.3, -0.25) is 38.4 Å². The van der Waals surface area contributed by atoms with E-state index in [1.807, 2.05) is 135 Å². The van der Waals surface area contributed by atoms with E-state index in [1.54, 1.807) is 23.9 Å². The first-order valence-corrected chi connectivity index (χ1v) is 34.9. The lowest BCUT2D eigenvalue weighted by atomic mass is 9.78. The summed E-state index contributed by atoms with van der Waals surface area (Å²) in [5.41, 5.74) is -1.00. The first kappa shape index (κ1) is 70.8. The number of likely N-dealkylation sites (N-methyl/N-ethyl adjacent to an activating group) is 2. The van der Waals surface area contributed by atoms with Gasteiger partial charge in [-0.25, -0.2) is 0 Å². The van der Waals surface area contributed by atoms with Gasteiger partial charge in [-0.05, 0) is 125 Å². The van der Waals surface area contributed by atoms with Crippen LogP contribution in [0.4, 0.5) is 0 Å². The topological polar surface area (TPSA) is 280 Å². The summed E-state index contributed by atoms with van der Waals surface area (Å²) in [5.74, 6) is -3.10. The van der Waals surface area contributed by atoms with Gasteiger partial charge >= 0.3 is 0 Å². The van der Waals surface area contributed by atoms with Gasteiger partial charge < -0.3 is 62.5 Å². The van der Waals surface area contributed by atoms with Gasteiger partial charge in [-0.1, -0.05) is 187 Å². The molecule has 10 atom stereocenters. The first-order chi connectivity index (χ1) is 45.7. The van der Waals surface area contributed by atoms with Crippen LogP contribution >= 0.6 is 0 Å². The second-order valence-corrected chi connectivity index (χ2v) is 26.8. The molecule has 4 aromatic carbocycles. The number of nitrogens with one attached hydrogen (secondary N) is 8. The summed E-state index contributed by atoms with van der Waals surface area (Å²) in [4.78, 5) is 119. The van der Waals surface area contributed by atoms with Crippen LogP contribution in [0.25, 0.3) is 0 Å². The number of benzene rings is 4. The van der Waals surface area contributed by atoms with Crippen LogP contribution < -0.4 is 42.5 Å². The molecule has 0 unspecified atom stereocenters. The molecular formula is C74H102N10O10. The Labute approximate surface area is 555 Å². The molecule has 508 valence electrons. The van der Waals surface area contributed by atoms with E-state index in [0.29, 0.717) is 111 Å². The number of rotatable bonds is 30. The van der Waals surface area contributed by atoms with E-state index >= 15 is 19.2 Å². The Balaban J connectivity index is 0.778. The first-order valence-electron chi connectivity index (χ1n) is 34.9. The van der Waals surface area contributed by atoms with Gasteiger partial charge in [0, 0.05) is 50.2 Å². The Kier molecular flexibility index (Phi) is 25.4. The molecule has 10 N–H and O–H groups in total. The summed E-state index contributed by atoms with van der Waals surface area (Å²) in [6.07, 6.45) is 14.9. The van der Waals surface area contributed by atoms with Crippen molar-refractivity contribution < 1.29 is 48.6 Å². The van der Waals surface area contributed by atoms with E-state index < -0.39 is 82.8 Å². The number of carbonyl (C=O) groups excluding carboxylic acids is 8. The normalized spacial score (nSPS) is 24.5. The summed E-state index contributed by atoms with van der Waals surface area (Å²) in [6.45, 7) is 3.95. The van der Waals surface area contributed by atoms with Crippen molar-refractivity contribution in [2.24, 2.45) is 23.7 Å². The molecular weight excluding hydrogens is 1190 g/mol. The molecule has 9 rings (SSSR count). The Morgan fingerprint density at radius 2 is 0.777 bits per heavy atom. The molecule has 0 bridgehead atoms. The van der Waals surface area contributed by atoms with E-state index in [-0.39, 0.29) is 48.9 Å². The predicted octanol–water partition coefficient (Wildman–Crippen LogP) is 5.98. The molecule has 20 heteroatoms. The molecule has 0 aromatic heterocycles. The predicted molar refractivity (Wildman–Crippen MR) is 360 cm³/mol. The molecule has 20 nitrogen and oxygen atoms in total. The monoisotopic (exact) mass is 1290 g/mol. The number of amides is 8. The Morgan fingerprint density at radius 3 is 1.07 bits per heavy atom. The minimum atomic E-state index is -1.64. The quantitative estimate of drug-likeness (QED) is 0.0270. The maximum absolute atomic E-state index is 15.1. The number of fused-ring (bicyclic) bond motifs is 2. The highest BCUT2D eigenvalue weighted by Crippen LogP contribution is 2.40. The summed E-state index contributed by atoms with van der Waals surface area (Å²) in [6, 6.07) is 31.4. The number of aliphatic hydroxyl groups is 2. The molecule has 4 heterocycles. The van der Waals surface area contributed by atoms with E-state index in [9.17, 15) is 29.4 Å². The number of unbranched alkanes of at least 4 members (excludes halogenated alkanes) is 2. The van der Waals surface area contributed by atoms with Crippen molar-refractivity contribution in [2.75, 3.05) is 40.4 Å². The van der Waals surface area contributed by atoms with E-state index in [1.165, 1.54) is 0 Å². The second kappa shape index (κ2) is 33.7. The van der Waals surface area contributed by atoms with Crippen molar-refractivity contribution in [1.29, 1.82) is 0 Å². The summed E-state index contributed by atoms with van der Waals surface area (Å²) in [7, 11) is 3.37. The van der Waals surface area contributed by atoms with Crippen molar-refractivity contribution in [3.05, 3.63) is 144 Å². The van der Waals surface area contributed by atoms with E-state index in [4.69, 9.17) is 0 Å². The summed E-state index contributed by atoms with van der Waals surface area (Å²) >= 11 is 0. The highest BCUT2D eigenvalue weighted by molar-refractivity contribution is 6.01. The van der Waals surface area contributed by atoms with Crippen LogP contribution in [0.3, 0.4) is 0 Å². The van der Waals surface area contributed by atoms with Crippen LogP contribution in [0.1, 0.15) is 165 Å². The highest BCUT2D eigenvalue weighted by Gasteiger charge is 2.53. The van der Waals surface area contributed by atoms with E-state index in [0.717, 1.165) is 64.2 Å². The van der Waals surface area contributed by atoms with Crippen molar-refractivity contribution in [3.8, 4) is 0 Å². The van der Waals surface area contributed by atoms with Crippen molar-refractivity contribution >= 4 is 47.3 Å². The number of hydrogen-bond donors (Lipinski definition) is 10. The van der Waals surface area contributed by atoms with Gasteiger partial charge in [0.2, 0.25) is 35.4 Å². The van der Waals surface area contributed by atoms with Crippen LogP contribution in [-0.4, -0.2) is 156 Å². The van der Waals surface area contributed by atoms with Crippen molar-refractivity contribution in [1.82, 2.24) is 52.3 Å². The molecule has 0 spiro atoms. The average Bonchev–Trinajstić information content (AvgIpc) is 1.09. The number of nitrogens with zero attached hydrogens (tertiary/aromatic N) is 2. The zero-order chi connectivity index (χ0) is 66.8. The number of aliphatic hydroxyl groups excluding tert-OH is 2. The maximum atomic E-state index is 15.1. The minimum Gasteiger partial charge on any atom is -0.396 e. The van der Waals surface area contributed by atoms with Gasteiger partial charge in [-0.15, -0.1) is 0 Å². The Hall–Kier alpha value is -7.52. The fraction of sp³-hybridized carbons (Fsp3) is 0.568. The maximum Gasteiger partial charge on any atom is 0.255 e. The molecule has 8 amide bonds. The van der Waals surface area contributed by atoms with E-state index in [2.05, 4.69) is 42.5 Å². The lowest BCUT2D eigenvalue weighted by molar-refractivity contribution is -0.145. The lowest BCUT2D eigenvalue weighted by Gasteiger charge is -2.38. The minimum absolute atomic E-state index is 0.268. The van der Waals surface area contributed by atoms with Crippen LogP contribution in [0.15, 0.2) is 121 Å². The average molecular weight is 1290 g/mol. The van der Waals surface area contributed by atoms with Gasteiger partial charge in [0.15, 0.2) is 11.1 Å². The molecule has 4 saturated heterocycles. The zero-order valence-corrected chi connectivity index (χ0v) is 55.5. The van der Waals surface area contributed by atoms with Crippen LogP contribution in [0.5, 0.6) is 0 Å². The number of carbonyl (C=O) groups is 8. The Morgan fingerprint density at radius 1 is 0.457 bits per heavy atom. The molecule has 0 radical (unpaired) electrons. The third kappa shape index (κ3) is 15.9. The van der Waals surface area contributed by atoms with Crippen molar-refractivity contribution in [2.45, 2.75) is 202 Å². The number of hydrogen-bond acceptors (Lipinski definition) is 12. The fourth-order valence-electron chi connectivity index (χ4n) is 15.8. The molecule has 5 aliphatic rings. The van der Waals surface area contributed by atoms with Crippen LogP contribution in [0, 0.1) is 23.7 Å². The largest absolute Gasteiger partial charge is 0.396 e. The molecule has 4 aromatic rings. The standard InChI is InChI=1S/C74H102N10O10/c1-5-59(75-3)65(87)79-63-51(47-85)37-39-57-41-43-61(83(57)69(63)91)67(89)81-73(53-25-11-7-12-26-53,54-27-13-8-14-28-54)71(93)77-45-21-19-23-49-33-35-50(36-34-49)24-20-22-46-78-72(94)74(55-29-15-9-16-30-55,56-31-17-10-18-32-56)82-68(90)62-44-42-58-40-38-52(48-86)64(70(92)84(58)62)80-66(88)60(6-2)76-4/h7-18,25-32,49-52,57-64,75-76,85-86H,5-6,19-24,33-48H2,1-4H3,(H,77,93)(H,78,94)(H,79,87)(H,80,88)(H,81,89)(H,82,90)/t49?,50?,51-,52-,57+,58+,59+,60+,61+,62+,63+,64+/m1/s1. The van der Waals surface area contributed by atoms with Gasteiger partial charge in [0.25, 0.3) is 11.8 Å². The smallest absolute Gasteiger partial charge is 0.255 e. The Bertz CT molecular complexity index is 2860. The van der Waals surface area contributed by atoms with Crippen LogP contribution in [0.2, 0.25) is 0 Å². The SMILES string of the molecule is CC[C@H](NC)C(=O)N[C@@H]1C(=O)N2[C@@H](CC[C@@H]1CO)CC[C@H]2C(=O)NC(C(=O)NCCCCC1CCC(CCCCNC(=O)C(NC(=O)[C@@H]2CC[C@@H]3CC[C@H](CO)[C@H](NC(=O)[C@H](CC)NC)C(=O)N32)(c2ccccc2)c2ccccc2)CC1)(c1ccccc1)c1ccccc1. The zero-order valence-electron chi connectivity index (χ0n) is 55.5. The fourth-order valence-corrected chi connectivity index (χ4v) is 15.8. The third-order valence-corrected chi connectivity index (χ3v) is 21.3. The van der Waals surface area contributed by atoms with Gasteiger partial charge in [0.1, 0.15) is 24.2 Å². The third-order valence-electron chi connectivity index (χ3n) is 21.3. The van der Waals surface area contributed by atoms with Gasteiger partial charge in [0.05, 0.1) is 12.1 Å². The summed E-state index contributed by atoms with van der Waals surface area (Å²) < 4.78 is 0. The van der Waals surface area contributed by atoms with Crippen LogP contribution in [-0.2, 0) is 49.4 Å². The second-order valence-electron chi connectivity index (χ2n) is 26.8. The molecule has 94 heavy (non-hydrogen) atoms. The highest BCUT2D eigenvalue weighted by atomic mass is 16.3. The summed E-state index contributed by atoms with van der Waals surface area (Å²) in [5, 5.41) is 45.7. The van der Waals surface area contributed by atoms with Crippen molar-refractivity contribution in [3.63, 3.8) is 0 Å². The molecule has 1 aliphatic carbocycles. The molecule has 1 saturated carbocycles. The van der Waals surface area contributed by atoms with Gasteiger partial charge in [-0.2, -0.15) is 0 Å².